The van der Waals surface area contributed by atoms with Crippen LogP contribution < -0.4 is 5.73 Å². The molecule has 1 aliphatic rings. The van der Waals surface area contributed by atoms with E-state index in [4.69, 9.17) is 10.5 Å². The fraction of sp³-hybridized carbons (Fsp3) is 1.00. The summed E-state index contributed by atoms with van der Waals surface area (Å²) in [5, 5.41) is 9.94. The van der Waals surface area contributed by atoms with Crippen LogP contribution >= 0.6 is 0 Å². The molecule has 72 valence electrons. The van der Waals surface area contributed by atoms with Gasteiger partial charge in [0.25, 0.3) is 0 Å². The average Bonchev–Trinajstić information content (AvgIpc) is 1.83. The van der Waals surface area contributed by atoms with Crippen LogP contribution in [0, 0.1) is 5.41 Å². The number of methoxy groups -OCH3 is 1. The molecule has 1 rings (SSSR count). The molecule has 1 atom stereocenters. The second-order valence-electron chi connectivity index (χ2n) is 4.68. The van der Waals surface area contributed by atoms with Gasteiger partial charge in [-0.15, -0.1) is 0 Å². The van der Waals surface area contributed by atoms with E-state index in [2.05, 4.69) is 13.8 Å². The Morgan fingerprint density at radius 2 is 2.00 bits per heavy atom. The maximum atomic E-state index is 9.94. The van der Waals surface area contributed by atoms with Gasteiger partial charge < -0.3 is 15.6 Å². The molecule has 1 unspecified atom stereocenters. The summed E-state index contributed by atoms with van der Waals surface area (Å²) in [6.07, 6.45) is 1.56. The second kappa shape index (κ2) is 2.98. The first-order valence-electron chi connectivity index (χ1n) is 4.37. The maximum absolute atomic E-state index is 9.94. The van der Waals surface area contributed by atoms with Crippen molar-refractivity contribution in [1.29, 1.82) is 0 Å². The minimum atomic E-state index is -0.681. The quantitative estimate of drug-likeness (QED) is 0.654. The Bertz CT molecular complexity index is 160. The fourth-order valence-electron chi connectivity index (χ4n) is 2.20. The molecule has 0 radical (unpaired) electrons. The number of rotatable bonds is 3. The topological polar surface area (TPSA) is 55.5 Å². The van der Waals surface area contributed by atoms with Crippen LogP contribution in [0.2, 0.25) is 0 Å². The van der Waals surface area contributed by atoms with E-state index in [0.717, 1.165) is 12.8 Å². The molecule has 0 saturated heterocycles. The van der Waals surface area contributed by atoms with Gasteiger partial charge in [0.2, 0.25) is 0 Å². The van der Waals surface area contributed by atoms with E-state index in [0.29, 0.717) is 6.61 Å². The first-order chi connectivity index (χ1) is 5.40. The largest absolute Gasteiger partial charge is 0.388 e. The minimum absolute atomic E-state index is 0.240. The van der Waals surface area contributed by atoms with Gasteiger partial charge in [-0.05, 0) is 18.3 Å². The lowest BCUT2D eigenvalue weighted by Crippen LogP contribution is -2.61. The van der Waals surface area contributed by atoms with Crippen molar-refractivity contribution < 1.29 is 9.84 Å². The predicted octanol–water partition coefficient (Wildman–Crippen LogP) is 0.511. The molecule has 0 amide bonds. The van der Waals surface area contributed by atoms with Crippen molar-refractivity contribution in [2.75, 3.05) is 13.7 Å². The molecule has 0 spiro atoms. The van der Waals surface area contributed by atoms with Crippen molar-refractivity contribution in [1.82, 2.24) is 0 Å². The second-order valence-corrected chi connectivity index (χ2v) is 4.68. The Kier molecular flexibility index (Phi) is 2.47. The molecule has 0 aromatic rings. The highest BCUT2D eigenvalue weighted by Crippen LogP contribution is 2.48. The zero-order chi connectivity index (χ0) is 9.41. The van der Waals surface area contributed by atoms with E-state index >= 15 is 0 Å². The summed E-state index contributed by atoms with van der Waals surface area (Å²) in [4.78, 5) is 0. The Morgan fingerprint density at radius 1 is 1.50 bits per heavy atom. The Morgan fingerprint density at radius 3 is 2.33 bits per heavy atom. The third kappa shape index (κ3) is 1.79. The van der Waals surface area contributed by atoms with Gasteiger partial charge in [-0.3, -0.25) is 0 Å². The highest BCUT2D eigenvalue weighted by atomic mass is 16.5. The lowest BCUT2D eigenvalue weighted by molar-refractivity contribution is -0.137. The minimum Gasteiger partial charge on any atom is -0.388 e. The van der Waals surface area contributed by atoms with E-state index in [1.807, 2.05) is 0 Å². The third-order valence-corrected chi connectivity index (χ3v) is 2.61. The Hall–Kier alpha value is -0.120. The molecule has 3 N–H and O–H groups in total. The van der Waals surface area contributed by atoms with Gasteiger partial charge >= 0.3 is 0 Å². The van der Waals surface area contributed by atoms with Crippen molar-refractivity contribution in [2.24, 2.45) is 11.1 Å². The Labute approximate surface area is 73.9 Å². The van der Waals surface area contributed by atoms with Crippen LogP contribution in [-0.2, 0) is 4.74 Å². The SMILES string of the molecule is COCC(N)C1(O)CC(C)(C)C1. The number of hydrogen-bond acceptors (Lipinski definition) is 3. The van der Waals surface area contributed by atoms with E-state index in [-0.39, 0.29) is 11.5 Å². The van der Waals surface area contributed by atoms with Crippen molar-refractivity contribution in [3.05, 3.63) is 0 Å². The van der Waals surface area contributed by atoms with Gasteiger partial charge in [-0.25, -0.2) is 0 Å². The van der Waals surface area contributed by atoms with E-state index < -0.39 is 5.60 Å². The first kappa shape index (κ1) is 9.96. The van der Waals surface area contributed by atoms with Crippen molar-refractivity contribution in [3.8, 4) is 0 Å². The van der Waals surface area contributed by atoms with Gasteiger partial charge in [-0.1, -0.05) is 13.8 Å². The van der Waals surface area contributed by atoms with Gasteiger partial charge in [0.15, 0.2) is 0 Å². The summed E-state index contributed by atoms with van der Waals surface area (Å²) in [5.41, 5.74) is 5.34. The first-order valence-corrected chi connectivity index (χ1v) is 4.37. The molecule has 3 nitrogen and oxygen atoms in total. The number of hydrogen-bond donors (Lipinski definition) is 2. The van der Waals surface area contributed by atoms with E-state index in [1.54, 1.807) is 7.11 Å². The van der Waals surface area contributed by atoms with Gasteiger partial charge in [0, 0.05) is 7.11 Å². The molecule has 0 bridgehead atoms. The lowest BCUT2D eigenvalue weighted by Gasteiger charge is -2.52. The molecular formula is C9H19NO2. The van der Waals surface area contributed by atoms with Crippen LogP contribution in [0.5, 0.6) is 0 Å². The summed E-state index contributed by atoms with van der Waals surface area (Å²) in [5.74, 6) is 0. The predicted molar refractivity (Wildman–Crippen MR) is 47.8 cm³/mol. The van der Waals surface area contributed by atoms with Gasteiger partial charge in [-0.2, -0.15) is 0 Å². The monoisotopic (exact) mass is 173 g/mol. The van der Waals surface area contributed by atoms with E-state index in [9.17, 15) is 5.11 Å². The molecule has 3 heteroatoms. The average molecular weight is 173 g/mol. The number of ether oxygens (including phenoxy) is 1. The van der Waals surface area contributed by atoms with Crippen LogP contribution in [0.3, 0.4) is 0 Å². The number of aliphatic hydroxyl groups is 1. The third-order valence-electron chi connectivity index (χ3n) is 2.61. The van der Waals surface area contributed by atoms with E-state index in [1.165, 1.54) is 0 Å². The molecule has 1 aliphatic carbocycles. The summed E-state index contributed by atoms with van der Waals surface area (Å²) < 4.78 is 4.91. The molecule has 1 fully saturated rings. The normalized spacial score (nSPS) is 27.8. The summed E-state index contributed by atoms with van der Waals surface area (Å²) in [7, 11) is 1.60. The molecule has 0 aromatic carbocycles. The highest BCUT2D eigenvalue weighted by molar-refractivity contribution is 5.05. The van der Waals surface area contributed by atoms with Crippen LogP contribution in [0.4, 0.5) is 0 Å². The molecule has 1 saturated carbocycles. The number of nitrogens with two attached hydrogens (primary N) is 1. The van der Waals surface area contributed by atoms with Crippen molar-refractivity contribution in [2.45, 2.75) is 38.3 Å². The van der Waals surface area contributed by atoms with Crippen LogP contribution in [0.25, 0.3) is 0 Å². The summed E-state index contributed by atoms with van der Waals surface area (Å²) >= 11 is 0. The smallest absolute Gasteiger partial charge is 0.0830 e. The van der Waals surface area contributed by atoms with Crippen LogP contribution in [0.15, 0.2) is 0 Å². The molecular weight excluding hydrogens is 154 g/mol. The zero-order valence-corrected chi connectivity index (χ0v) is 8.13. The Balaban J connectivity index is 2.43. The van der Waals surface area contributed by atoms with Crippen LogP contribution in [0.1, 0.15) is 26.7 Å². The molecule has 0 heterocycles. The summed E-state index contributed by atoms with van der Waals surface area (Å²) in [6, 6.07) is -0.240. The van der Waals surface area contributed by atoms with Crippen molar-refractivity contribution >= 4 is 0 Å². The lowest BCUT2D eigenvalue weighted by atomic mass is 9.59. The van der Waals surface area contributed by atoms with Crippen molar-refractivity contribution in [3.63, 3.8) is 0 Å². The summed E-state index contributed by atoms with van der Waals surface area (Å²) in [6.45, 7) is 4.72. The van der Waals surface area contributed by atoms with Gasteiger partial charge in [0.05, 0.1) is 18.2 Å². The molecule has 0 aromatic heterocycles. The zero-order valence-electron chi connectivity index (χ0n) is 8.13. The fourth-order valence-corrected chi connectivity index (χ4v) is 2.20. The standard InChI is InChI=1S/C9H19NO2/c1-8(2)5-9(11,6-8)7(10)4-12-3/h7,11H,4-6,10H2,1-3H3. The maximum Gasteiger partial charge on any atom is 0.0830 e. The van der Waals surface area contributed by atoms with Crippen LogP contribution in [-0.4, -0.2) is 30.5 Å². The molecule has 12 heavy (non-hydrogen) atoms. The molecule has 0 aliphatic heterocycles. The van der Waals surface area contributed by atoms with Gasteiger partial charge in [0.1, 0.15) is 0 Å². The highest BCUT2D eigenvalue weighted by Gasteiger charge is 2.51.